The van der Waals surface area contributed by atoms with Crippen LogP contribution in [0.15, 0.2) is 0 Å². The number of hydrogen-bond donors (Lipinski definition) is 2. The number of rotatable bonds is 0. The second-order valence-electron chi connectivity index (χ2n) is 1.11. The number of carboxylic acids is 2. The van der Waals surface area contributed by atoms with Crippen LogP contribution in [0.3, 0.4) is 0 Å². The molecule has 0 unspecified atom stereocenters. The van der Waals surface area contributed by atoms with Gasteiger partial charge in [-0.2, -0.15) is 0 Å². The Morgan fingerprint density at radius 3 is 1.09 bits per heavy atom. The minimum absolute atomic E-state index is 0.556. The van der Waals surface area contributed by atoms with Crippen molar-refractivity contribution in [1.29, 1.82) is 0 Å². The van der Waals surface area contributed by atoms with Crippen LogP contribution in [0.4, 0.5) is 0 Å². The zero-order chi connectivity index (χ0) is 9.86. The molecule has 0 heterocycles. The van der Waals surface area contributed by atoms with Crippen molar-refractivity contribution < 1.29 is 36.8 Å². The number of halogens is 2. The monoisotopic (exact) mass is 238 g/mol. The molecule has 0 spiro atoms. The van der Waals surface area contributed by atoms with Crippen LogP contribution in [-0.2, 0) is 26.6 Å². The molecule has 0 radical (unpaired) electrons. The standard InChI is InChI=1S/2C2H4O2.2ClH.Ti/c2*1-2(3)4;;;/h2*1H3,(H,3,4);2*1H;/q;;;;+2/p-2. The van der Waals surface area contributed by atoms with Crippen LogP contribution in [0, 0.1) is 0 Å². The first-order valence-electron chi connectivity index (χ1n) is 2.23. The number of hydrogen-bond acceptors (Lipinski definition) is 2. The molecule has 0 aliphatic carbocycles. The van der Waals surface area contributed by atoms with Crippen LogP contribution in [-0.4, -0.2) is 22.2 Å². The van der Waals surface area contributed by atoms with Crippen LogP contribution in [0.2, 0.25) is 0 Å². The molecular weight excluding hydrogens is 231 g/mol. The van der Waals surface area contributed by atoms with E-state index in [-0.39, 0.29) is 0 Å². The zero-order valence-corrected chi connectivity index (χ0v) is 9.04. The van der Waals surface area contributed by atoms with Crippen LogP contribution < -0.4 is 0 Å². The summed E-state index contributed by atoms with van der Waals surface area (Å²) in [7, 11) is 9.78. The fraction of sp³-hybridized carbons (Fsp3) is 0.500. The average Bonchev–Trinajstić information content (AvgIpc) is 1.60. The van der Waals surface area contributed by atoms with Gasteiger partial charge in [0, 0.05) is 13.8 Å². The van der Waals surface area contributed by atoms with E-state index in [9.17, 15) is 0 Å². The van der Waals surface area contributed by atoms with Crippen molar-refractivity contribution in [2.45, 2.75) is 13.8 Å². The van der Waals surface area contributed by atoms with Crippen LogP contribution >= 0.6 is 18.6 Å². The summed E-state index contributed by atoms with van der Waals surface area (Å²) >= 11 is -0.556. The second kappa shape index (κ2) is 16.7. The first kappa shape index (κ1) is 17.4. The Kier molecular flexibility index (Phi) is 26.3. The molecule has 0 atom stereocenters. The summed E-state index contributed by atoms with van der Waals surface area (Å²) < 4.78 is 0. The molecule has 0 saturated carbocycles. The molecule has 0 amide bonds. The van der Waals surface area contributed by atoms with Crippen molar-refractivity contribution in [3.8, 4) is 0 Å². The molecule has 0 aromatic carbocycles. The van der Waals surface area contributed by atoms with Crippen molar-refractivity contribution in [3.05, 3.63) is 0 Å². The maximum absolute atomic E-state index is 9.00. The normalized spacial score (nSPS) is 5.82. The van der Waals surface area contributed by atoms with Gasteiger partial charge < -0.3 is 10.2 Å². The van der Waals surface area contributed by atoms with E-state index in [1.807, 2.05) is 0 Å². The third-order valence-corrected chi connectivity index (χ3v) is 0. The van der Waals surface area contributed by atoms with Gasteiger partial charge >= 0.3 is 35.6 Å². The predicted octanol–water partition coefficient (Wildman–Crippen LogP) is 1.56. The van der Waals surface area contributed by atoms with Gasteiger partial charge in [0.1, 0.15) is 0 Å². The van der Waals surface area contributed by atoms with Crippen LogP contribution in [0.5, 0.6) is 0 Å². The Hall–Kier alpha value is 0.234. The minimum atomic E-state index is -0.833. The van der Waals surface area contributed by atoms with E-state index < -0.39 is 29.0 Å². The van der Waals surface area contributed by atoms with Crippen molar-refractivity contribution in [1.82, 2.24) is 0 Å². The van der Waals surface area contributed by atoms with Crippen molar-refractivity contribution in [2.24, 2.45) is 0 Å². The molecule has 0 fully saturated rings. The van der Waals surface area contributed by atoms with Gasteiger partial charge in [0.05, 0.1) is 0 Å². The van der Waals surface area contributed by atoms with Gasteiger partial charge in [-0.05, 0) is 0 Å². The molecule has 0 saturated heterocycles. The predicted molar refractivity (Wildman–Crippen MR) is 38.3 cm³/mol. The molecular formula is C4H8Cl2O4Ti. The van der Waals surface area contributed by atoms with Crippen LogP contribution in [0.25, 0.3) is 0 Å². The molecule has 2 N–H and O–H groups in total. The van der Waals surface area contributed by atoms with E-state index in [2.05, 4.69) is 0 Å². The van der Waals surface area contributed by atoms with Crippen LogP contribution in [0.1, 0.15) is 13.8 Å². The van der Waals surface area contributed by atoms with Gasteiger partial charge in [0.15, 0.2) is 0 Å². The first-order valence-corrected chi connectivity index (χ1v) is 6.53. The summed E-state index contributed by atoms with van der Waals surface area (Å²) in [6.45, 7) is 2.17. The van der Waals surface area contributed by atoms with Gasteiger partial charge in [0.2, 0.25) is 0 Å². The molecule has 0 aliphatic rings. The molecule has 0 aliphatic heterocycles. The number of aliphatic carboxylic acids is 2. The third kappa shape index (κ3) is 12600. The summed E-state index contributed by atoms with van der Waals surface area (Å²) in [5.41, 5.74) is 0. The topological polar surface area (TPSA) is 74.6 Å². The molecule has 0 aromatic heterocycles. The van der Waals surface area contributed by atoms with Crippen molar-refractivity contribution in [2.75, 3.05) is 0 Å². The fourth-order valence-electron chi connectivity index (χ4n) is 0. The van der Waals surface area contributed by atoms with Gasteiger partial charge in [-0.3, -0.25) is 9.59 Å². The summed E-state index contributed by atoms with van der Waals surface area (Å²) in [5.74, 6) is -1.67. The van der Waals surface area contributed by atoms with E-state index in [0.717, 1.165) is 13.8 Å². The average molecular weight is 239 g/mol. The molecule has 0 rings (SSSR count). The van der Waals surface area contributed by atoms with Crippen molar-refractivity contribution in [3.63, 3.8) is 0 Å². The van der Waals surface area contributed by atoms with E-state index in [0.29, 0.717) is 0 Å². The van der Waals surface area contributed by atoms with Gasteiger partial charge in [-0.25, -0.2) is 0 Å². The maximum atomic E-state index is 9.00. The Morgan fingerprint density at radius 2 is 1.09 bits per heavy atom. The summed E-state index contributed by atoms with van der Waals surface area (Å²) in [6, 6.07) is 0. The van der Waals surface area contributed by atoms with Gasteiger partial charge in [0.25, 0.3) is 11.9 Å². The van der Waals surface area contributed by atoms with E-state index in [1.165, 1.54) is 0 Å². The Morgan fingerprint density at radius 1 is 1.09 bits per heavy atom. The summed E-state index contributed by atoms with van der Waals surface area (Å²) in [5, 5.41) is 14.8. The first-order chi connectivity index (χ1) is 4.88. The molecule has 0 bridgehead atoms. The second-order valence-corrected chi connectivity index (χ2v) is 3.69. The van der Waals surface area contributed by atoms with Gasteiger partial charge in [-0.1, -0.05) is 0 Å². The Balaban J connectivity index is -0.0000000886. The van der Waals surface area contributed by atoms with E-state index in [1.54, 1.807) is 0 Å². The Labute approximate surface area is 81.2 Å². The molecule has 11 heavy (non-hydrogen) atoms. The molecule has 66 valence electrons. The number of carbonyl (C=O) groups is 2. The SMILES string of the molecule is CC(=O)O.CC(=O)O.[Cl][Ti][Cl]. The fourth-order valence-corrected chi connectivity index (χ4v) is 0. The van der Waals surface area contributed by atoms with Crippen molar-refractivity contribution >= 4 is 30.5 Å². The summed E-state index contributed by atoms with van der Waals surface area (Å²) in [4.78, 5) is 18.0. The Bertz CT molecular complexity index is 88.3. The van der Waals surface area contributed by atoms with E-state index in [4.69, 9.17) is 38.4 Å². The third-order valence-electron chi connectivity index (χ3n) is 0. The molecule has 7 heteroatoms. The quantitative estimate of drug-likeness (QED) is 0.629. The number of carboxylic acid groups (broad SMARTS) is 2. The molecule has 0 aromatic rings. The summed E-state index contributed by atoms with van der Waals surface area (Å²) in [6.07, 6.45) is 0. The zero-order valence-electron chi connectivity index (χ0n) is 5.97. The van der Waals surface area contributed by atoms with E-state index >= 15 is 0 Å². The molecule has 4 nitrogen and oxygen atoms in total. The van der Waals surface area contributed by atoms with Gasteiger partial charge in [-0.15, -0.1) is 0 Å².